The van der Waals surface area contributed by atoms with Crippen molar-refractivity contribution in [3.8, 4) is 0 Å². The second-order valence-electron chi connectivity index (χ2n) is 6.48. The Kier molecular flexibility index (Phi) is 6.31. The number of amides is 1. The summed E-state index contributed by atoms with van der Waals surface area (Å²) in [6.45, 7) is 4.90. The molecule has 2 aromatic carbocycles. The molecule has 1 aliphatic rings. The Bertz CT molecular complexity index is 1020. The van der Waals surface area contributed by atoms with Crippen molar-refractivity contribution in [2.45, 2.75) is 18.7 Å². The van der Waals surface area contributed by atoms with Gasteiger partial charge >= 0.3 is 0 Å². The van der Waals surface area contributed by atoms with Crippen molar-refractivity contribution < 1.29 is 17.9 Å². The summed E-state index contributed by atoms with van der Waals surface area (Å²) in [5.41, 5.74) is 2.62. The third-order valence-electron chi connectivity index (χ3n) is 4.71. The summed E-state index contributed by atoms with van der Waals surface area (Å²) in [5, 5.41) is 2.84. The fraction of sp³-hybridized carbons (Fsp3) is 0.316. The fourth-order valence-electron chi connectivity index (χ4n) is 2.90. The molecule has 0 spiro atoms. The number of halogens is 2. The quantitative estimate of drug-likeness (QED) is 0.778. The Balaban J connectivity index is 1.97. The zero-order valence-electron chi connectivity index (χ0n) is 15.5. The van der Waals surface area contributed by atoms with Crippen LogP contribution in [0.15, 0.2) is 35.2 Å². The molecule has 0 aromatic heterocycles. The lowest BCUT2D eigenvalue weighted by Gasteiger charge is -2.26. The van der Waals surface area contributed by atoms with Gasteiger partial charge in [0.25, 0.3) is 5.91 Å². The summed E-state index contributed by atoms with van der Waals surface area (Å²) < 4.78 is 32.4. The summed E-state index contributed by atoms with van der Waals surface area (Å²) in [6, 6.07) is 8.06. The van der Waals surface area contributed by atoms with Gasteiger partial charge in [-0.1, -0.05) is 35.3 Å². The highest BCUT2D eigenvalue weighted by Gasteiger charge is 2.30. The first-order valence-electron chi connectivity index (χ1n) is 8.66. The first kappa shape index (κ1) is 21.1. The van der Waals surface area contributed by atoms with Crippen LogP contribution in [0.4, 0.5) is 5.69 Å². The van der Waals surface area contributed by atoms with Crippen molar-refractivity contribution in [2.75, 3.05) is 31.6 Å². The topological polar surface area (TPSA) is 75.7 Å². The molecule has 3 rings (SSSR count). The van der Waals surface area contributed by atoms with Crippen molar-refractivity contribution in [2.24, 2.45) is 0 Å². The van der Waals surface area contributed by atoms with Gasteiger partial charge < -0.3 is 10.1 Å². The molecule has 1 saturated heterocycles. The van der Waals surface area contributed by atoms with Crippen molar-refractivity contribution in [1.29, 1.82) is 0 Å². The molecule has 28 heavy (non-hydrogen) atoms. The number of carbonyl (C=O) groups excluding carboxylic acids is 1. The summed E-state index contributed by atoms with van der Waals surface area (Å²) in [5.74, 6) is -0.506. The van der Waals surface area contributed by atoms with E-state index in [2.05, 4.69) is 5.32 Å². The van der Waals surface area contributed by atoms with Crippen LogP contribution >= 0.6 is 23.2 Å². The van der Waals surface area contributed by atoms with E-state index in [-0.39, 0.29) is 33.6 Å². The number of nitrogens with one attached hydrogen (secondary N) is 1. The van der Waals surface area contributed by atoms with Crippen LogP contribution in [0, 0.1) is 13.8 Å². The average molecular weight is 443 g/mol. The van der Waals surface area contributed by atoms with Crippen molar-refractivity contribution >= 4 is 44.8 Å². The maximum atomic E-state index is 13.0. The second kappa shape index (κ2) is 8.39. The van der Waals surface area contributed by atoms with Crippen LogP contribution in [0.1, 0.15) is 21.5 Å². The molecule has 6 nitrogen and oxygen atoms in total. The van der Waals surface area contributed by atoms with Gasteiger partial charge in [0.2, 0.25) is 10.0 Å². The van der Waals surface area contributed by atoms with Crippen LogP contribution in [-0.4, -0.2) is 44.9 Å². The molecule has 1 aliphatic heterocycles. The Morgan fingerprint density at radius 2 is 1.79 bits per heavy atom. The number of aryl methyl sites for hydroxylation is 1. The number of morpholine rings is 1. The summed E-state index contributed by atoms with van der Waals surface area (Å²) in [6.07, 6.45) is 0. The number of hydrogen-bond acceptors (Lipinski definition) is 4. The van der Waals surface area contributed by atoms with Crippen molar-refractivity contribution in [1.82, 2.24) is 4.31 Å². The van der Waals surface area contributed by atoms with E-state index in [9.17, 15) is 13.2 Å². The molecule has 0 atom stereocenters. The molecular weight excluding hydrogens is 423 g/mol. The SMILES string of the molecule is Cc1cccc(NC(=O)c2cc(S(=O)(=O)N3CCOCC3)c(Cl)cc2Cl)c1C. The molecule has 1 fully saturated rings. The second-order valence-corrected chi connectivity index (χ2v) is 9.20. The Labute approximate surface area is 174 Å². The van der Waals surface area contributed by atoms with Gasteiger partial charge in [-0.15, -0.1) is 0 Å². The number of carbonyl (C=O) groups is 1. The smallest absolute Gasteiger partial charge is 0.257 e. The monoisotopic (exact) mass is 442 g/mol. The maximum Gasteiger partial charge on any atom is 0.257 e. The largest absolute Gasteiger partial charge is 0.379 e. The van der Waals surface area contributed by atoms with Crippen LogP contribution in [0.2, 0.25) is 10.0 Å². The molecule has 150 valence electrons. The highest BCUT2D eigenvalue weighted by Crippen LogP contribution is 2.32. The normalized spacial score (nSPS) is 15.4. The number of ether oxygens (including phenoxy) is 1. The first-order valence-corrected chi connectivity index (χ1v) is 10.9. The number of rotatable bonds is 4. The number of nitrogens with zero attached hydrogens (tertiary/aromatic N) is 1. The van der Waals surface area contributed by atoms with Crippen molar-refractivity contribution in [3.05, 3.63) is 57.1 Å². The minimum absolute atomic E-state index is 0.0280. The van der Waals surface area contributed by atoms with E-state index in [1.807, 2.05) is 26.0 Å². The minimum Gasteiger partial charge on any atom is -0.379 e. The highest BCUT2D eigenvalue weighted by atomic mass is 35.5. The standard InChI is InChI=1S/C19H20Cl2N2O4S/c1-12-4-3-5-17(13(12)2)22-19(24)14-10-18(16(21)11-15(14)20)28(25,26)23-6-8-27-9-7-23/h3-5,10-11H,6-9H2,1-2H3,(H,22,24). The van der Waals surface area contributed by atoms with Gasteiger partial charge in [0.1, 0.15) is 4.90 Å². The van der Waals surface area contributed by atoms with Gasteiger partial charge in [-0.05, 0) is 43.2 Å². The van der Waals surface area contributed by atoms with E-state index in [4.69, 9.17) is 27.9 Å². The summed E-state index contributed by atoms with van der Waals surface area (Å²) in [7, 11) is -3.87. The Hall–Kier alpha value is -1.64. The lowest BCUT2D eigenvalue weighted by atomic mass is 10.1. The zero-order valence-corrected chi connectivity index (χ0v) is 17.8. The third kappa shape index (κ3) is 4.18. The van der Waals surface area contributed by atoms with E-state index in [1.165, 1.54) is 16.4 Å². The number of hydrogen-bond donors (Lipinski definition) is 1. The highest BCUT2D eigenvalue weighted by molar-refractivity contribution is 7.89. The number of sulfonamides is 1. The van der Waals surface area contributed by atoms with Gasteiger partial charge in [0, 0.05) is 18.8 Å². The van der Waals surface area contributed by atoms with E-state index in [0.29, 0.717) is 18.9 Å². The molecule has 0 bridgehead atoms. The van der Waals surface area contributed by atoms with Gasteiger partial charge in [-0.2, -0.15) is 4.31 Å². The summed E-state index contributed by atoms with van der Waals surface area (Å²) in [4.78, 5) is 12.7. The molecule has 0 radical (unpaired) electrons. The lowest BCUT2D eigenvalue weighted by Crippen LogP contribution is -2.40. The Morgan fingerprint density at radius 3 is 2.46 bits per heavy atom. The van der Waals surface area contributed by atoms with E-state index in [0.717, 1.165) is 11.1 Å². The maximum absolute atomic E-state index is 13.0. The third-order valence-corrected chi connectivity index (χ3v) is 7.38. The van der Waals surface area contributed by atoms with E-state index in [1.54, 1.807) is 6.07 Å². The molecule has 1 heterocycles. The summed E-state index contributed by atoms with van der Waals surface area (Å²) >= 11 is 12.4. The molecule has 0 aliphatic carbocycles. The average Bonchev–Trinajstić information content (AvgIpc) is 2.66. The van der Waals surface area contributed by atoms with Crippen molar-refractivity contribution in [3.63, 3.8) is 0 Å². The molecule has 9 heteroatoms. The molecular formula is C19H20Cl2N2O4S. The predicted octanol–water partition coefficient (Wildman–Crippen LogP) is 3.88. The van der Waals surface area contributed by atoms with Gasteiger partial charge in [-0.3, -0.25) is 4.79 Å². The van der Waals surface area contributed by atoms with Crippen LogP contribution < -0.4 is 5.32 Å². The van der Waals surface area contributed by atoms with E-state index < -0.39 is 15.9 Å². The minimum atomic E-state index is -3.87. The first-order chi connectivity index (χ1) is 13.2. The molecule has 0 saturated carbocycles. The van der Waals surface area contributed by atoms with Crippen LogP contribution in [0.5, 0.6) is 0 Å². The molecule has 1 N–H and O–H groups in total. The fourth-order valence-corrected chi connectivity index (χ4v) is 5.14. The van der Waals surface area contributed by atoms with Crippen LogP contribution in [0.25, 0.3) is 0 Å². The lowest BCUT2D eigenvalue weighted by molar-refractivity contribution is 0.0730. The number of benzene rings is 2. The van der Waals surface area contributed by atoms with Gasteiger partial charge in [0.15, 0.2) is 0 Å². The number of anilines is 1. The van der Waals surface area contributed by atoms with Gasteiger partial charge in [0.05, 0.1) is 28.8 Å². The molecule has 0 unspecified atom stereocenters. The zero-order chi connectivity index (χ0) is 20.5. The molecule has 1 amide bonds. The molecule has 2 aromatic rings. The van der Waals surface area contributed by atoms with Crippen LogP contribution in [-0.2, 0) is 14.8 Å². The van der Waals surface area contributed by atoms with Gasteiger partial charge in [-0.25, -0.2) is 8.42 Å². The van der Waals surface area contributed by atoms with E-state index >= 15 is 0 Å². The Morgan fingerprint density at radius 1 is 1.11 bits per heavy atom. The predicted molar refractivity (Wildman–Crippen MR) is 110 cm³/mol. The van der Waals surface area contributed by atoms with Crippen LogP contribution in [0.3, 0.4) is 0 Å².